The third-order valence-corrected chi connectivity index (χ3v) is 4.90. The molecule has 0 saturated heterocycles. The van der Waals surface area contributed by atoms with E-state index in [9.17, 15) is 0 Å². The predicted octanol–water partition coefficient (Wildman–Crippen LogP) is 5.75. The van der Waals surface area contributed by atoms with Crippen molar-refractivity contribution in [3.63, 3.8) is 0 Å². The molecule has 2 aromatic carbocycles. The highest BCUT2D eigenvalue weighted by molar-refractivity contribution is 6.16. The maximum Gasteiger partial charge on any atom is 0.161 e. The smallest absolute Gasteiger partial charge is 0.161 e. The minimum atomic E-state index is 0.447. The molecule has 0 fully saturated rings. The number of allylic oxidation sites excluding steroid dienone is 2. The van der Waals surface area contributed by atoms with Gasteiger partial charge in [-0.1, -0.05) is 55.5 Å². The van der Waals surface area contributed by atoms with Crippen molar-refractivity contribution in [3.05, 3.63) is 59.8 Å². The minimum absolute atomic E-state index is 0.447. The molecule has 2 heterocycles. The van der Waals surface area contributed by atoms with Crippen LogP contribution in [0.15, 0.2) is 53.0 Å². The van der Waals surface area contributed by atoms with Crippen molar-refractivity contribution < 1.29 is 4.42 Å². The van der Waals surface area contributed by atoms with E-state index >= 15 is 0 Å². The summed E-state index contributed by atoms with van der Waals surface area (Å²) in [6, 6.07) is 12.8. The molecule has 0 N–H and O–H groups in total. The summed E-state index contributed by atoms with van der Waals surface area (Å²) in [5.74, 6) is 0.447. The first-order chi connectivity index (χ1) is 11.2. The van der Waals surface area contributed by atoms with E-state index in [0.717, 1.165) is 11.2 Å². The highest BCUT2D eigenvalue weighted by Gasteiger charge is 2.20. The Balaban J connectivity index is 1.97. The zero-order valence-electron chi connectivity index (χ0n) is 13.2. The van der Waals surface area contributed by atoms with Crippen LogP contribution in [0.25, 0.3) is 45.0 Å². The van der Waals surface area contributed by atoms with Crippen molar-refractivity contribution in [1.82, 2.24) is 4.57 Å². The summed E-state index contributed by atoms with van der Waals surface area (Å²) in [6.07, 6.45) is 8.88. The Hall–Kier alpha value is -2.74. The van der Waals surface area contributed by atoms with Gasteiger partial charge in [0.15, 0.2) is 5.58 Å². The lowest BCUT2D eigenvalue weighted by molar-refractivity contribution is 0.672. The van der Waals surface area contributed by atoms with E-state index < -0.39 is 0 Å². The third kappa shape index (κ3) is 1.63. The zero-order valence-corrected chi connectivity index (χ0v) is 13.2. The fourth-order valence-electron chi connectivity index (χ4n) is 3.66. The van der Waals surface area contributed by atoms with E-state index in [1.807, 2.05) is 0 Å². The topological polar surface area (TPSA) is 18.1 Å². The maximum absolute atomic E-state index is 6.37. The number of rotatable bonds is 0. The molecule has 2 aromatic heterocycles. The van der Waals surface area contributed by atoms with Gasteiger partial charge in [0.2, 0.25) is 0 Å². The fourth-order valence-corrected chi connectivity index (χ4v) is 3.66. The molecule has 1 unspecified atom stereocenters. The van der Waals surface area contributed by atoms with Gasteiger partial charge in [0.25, 0.3) is 0 Å². The quantitative estimate of drug-likeness (QED) is 0.404. The summed E-state index contributed by atoms with van der Waals surface area (Å²) in [5, 5.41) is 3.58. The second-order valence-corrected chi connectivity index (χ2v) is 6.38. The van der Waals surface area contributed by atoms with Gasteiger partial charge < -0.3 is 8.98 Å². The molecular formula is C21H17NO. The molecule has 0 radical (unpaired) electrons. The largest absolute Gasteiger partial charge is 0.453 e. The highest BCUT2D eigenvalue weighted by atomic mass is 16.3. The van der Waals surface area contributed by atoms with Crippen molar-refractivity contribution in [1.29, 1.82) is 0 Å². The summed E-state index contributed by atoms with van der Waals surface area (Å²) in [4.78, 5) is 0. The Morgan fingerprint density at radius 2 is 1.74 bits per heavy atom. The van der Waals surface area contributed by atoms with Gasteiger partial charge in [-0.2, -0.15) is 0 Å². The SMILES string of the molecule is CC1C=Cc2c(n(C)c3c2oc2c4ccccc4ccc23)C=C1. The van der Waals surface area contributed by atoms with E-state index in [0.29, 0.717) is 5.92 Å². The number of aromatic nitrogens is 1. The molecule has 0 amide bonds. The second kappa shape index (κ2) is 4.39. The average Bonchev–Trinajstić information content (AvgIpc) is 2.99. The first-order valence-electron chi connectivity index (χ1n) is 8.03. The Morgan fingerprint density at radius 3 is 2.65 bits per heavy atom. The number of furan rings is 1. The molecule has 0 saturated carbocycles. The Labute approximate surface area is 134 Å². The van der Waals surface area contributed by atoms with Gasteiger partial charge >= 0.3 is 0 Å². The van der Waals surface area contributed by atoms with Crippen LogP contribution in [-0.4, -0.2) is 4.57 Å². The number of hydrogen-bond donors (Lipinski definition) is 0. The van der Waals surface area contributed by atoms with Gasteiger partial charge in [-0.15, -0.1) is 0 Å². The maximum atomic E-state index is 6.37. The molecule has 5 rings (SSSR count). The normalized spacial score (nSPS) is 17.2. The Bertz CT molecular complexity index is 1140. The number of aryl methyl sites for hydroxylation is 1. The van der Waals surface area contributed by atoms with Gasteiger partial charge in [-0.3, -0.25) is 0 Å². The second-order valence-electron chi connectivity index (χ2n) is 6.38. The van der Waals surface area contributed by atoms with Gasteiger partial charge in [-0.25, -0.2) is 0 Å². The van der Waals surface area contributed by atoms with E-state index in [4.69, 9.17) is 4.42 Å². The molecule has 0 bridgehead atoms. The van der Waals surface area contributed by atoms with Crippen LogP contribution in [0.2, 0.25) is 0 Å². The molecule has 2 nitrogen and oxygen atoms in total. The van der Waals surface area contributed by atoms with E-state index in [1.54, 1.807) is 0 Å². The minimum Gasteiger partial charge on any atom is -0.453 e. The average molecular weight is 299 g/mol. The molecule has 0 aliphatic heterocycles. The van der Waals surface area contributed by atoms with E-state index in [-0.39, 0.29) is 0 Å². The van der Waals surface area contributed by atoms with Gasteiger partial charge in [0.1, 0.15) is 5.58 Å². The summed E-state index contributed by atoms with van der Waals surface area (Å²) >= 11 is 0. The number of nitrogens with zero attached hydrogens (tertiary/aromatic N) is 1. The molecule has 23 heavy (non-hydrogen) atoms. The standard InChI is InChI=1S/C21H17NO/c1-13-7-10-16-18(12-8-13)22(2)19-17-11-9-14-5-3-4-6-15(14)20(17)23-21(16)19/h3-13H,1-2H3. The lowest BCUT2D eigenvalue weighted by atomic mass is 10.1. The molecule has 0 spiro atoms. The molecule has 1 atom stereocenters. The third-order valence-electron chi connectivity index (χ3n) is 4.90. The predicted molar refractivity (Wildman–Crippen MR) is 97.4 cm³/mol. The van der Waals surface area contributed by atoms with Gasteiger partial charge in [-0.05, 0) is 23.4 Å². The Morgan fingerprint density at radius 1 is 0.913 bits per heavy atom. The van der Waals surface area contributed by atoms with Crippen LogP contribution in [0.3, 0.4) is 0 Å². The van der Waals surface area contributed by atoms with E-state index in [1.165, 1.54) is 32.9 Å². The molecule has 4 aromatic rings. The van der Waals surface area contributed by atoms with Crippen molar-refractivity contribution in [2.24, 2.45) is 13.0 Å². The number of fused-ring (bicyclic) bond motifs is 7. The van der Waals surface area contributed by atoms with Crippen molar-refractivity contribution in [3.8, 4) is 0 Å². The van der Waals surface area contributed by atoms with Crippen molar-refractivity contribution in [2.45, 2.75) is 6.92 Å². The lowest BCUT2D eigenvalue weighted by Gasteiger charge is -2.02. The summed E-state index contributed by atoms with van der Waals surface area (Å²) in [6.45, 7) is 2.20. The molecular weight excluding hydrogens is 282 g/mol. The van der Waals surface area contributed by atoms with Crippen LogP contribution in [0.1, 0.15) is 18.2 Å². The van der Waals surface area contributed by atoms with Crippen LogP contribution in [0, 0.1) is 5.92 Å². The van der Waals surface area contributed by atoms with Crippen LogP contribution < -0.4 is 0 Å². The summed E-state index contributed by atoms with van der Waals surface area (Å²) in [7, 11) is 2.12. The van der Waals surface area contributed by atoms with Crippen molar-refractivity contribution in [2.75, 3.05) is 0 Å². The summed E-state index contributed by atoms with van der Waals surface area (Å²) in [5.41, 5.74) is 5.56. The van der Waals surface area contributed by atoms with Crippen LogP contribution in [0.4, 0.5) is 0 Å². The first kappa shape index (κ1) is 12.8. The Kier molecular flexibility index (Phi) is 2.44. The summed E-state index contributed by atoms with van der Waals surface area (Å²) < 4.78 is 8.62. The van der Waals surface area contributed by atoms with E-state index in [2.05, 4.69) is 79.2 Å². The molecule has 112 valence electrons. The van der Waals surface area contributed by atoms with Crippen LogP contribution >= 0.6 is 0 Å². The lowest BCUT2D eigenvalue weighted by Crippen LogP contribution is -1.91. The van der Waals surface area contributed by atoms with Gasteiger partial charge in [0.05, 0.1) is 11.2 Å². The number of benzene rings is 2. The molecule has 1 aliphatic rings. The molecule has 1 aliphatic carbocycles. The first-order valence-corrected chi connectivity index (χ1v) is 8.03. The monoisotopic (exact) mass is 299 g/mol. The highest BCUT2D eigenvalue weighted by Crippen LogP contribution is 2.39. The zero-order chi connectivity index (χ0) is 15.6. The van der Waals surface area contributed by atoms with Gasteiger partial charge in [0, 0.05) is 23.4 Å². The van der Waals surface area contributed by atoms with Crippen LogP contribution in [-0.2, 0) is 7.05 Å². The van der Waals surface area contributed by atoms with Crippen LogP contribution in [0.5, 0.6) is 0 Å². The fraction of sp³-hybridized carbons (Fsp3) is 0.143. The molecule has 2 heteroatoms. The van der Waals surface area contributed by atoms with Crippen molar-refractivity contribution >= 4 is 45.0 Å². The number of hydrogen-bond acceptors (Lipinski definition) is 1.